The number of hydrogen-bond acceptors (Lipinski definition) is 4. The van der Waals surface area contributed by atoms with Crippen molar-refractivity contribution < 1.29 is 13.2 Å². The quantitative estimate of drug-likeness (QED) is 0.727. The van der Waals surface area contributed by atoms with E-state index in [1.807, 2.05) is 27.8 Å². The van der Waals surface area contributed by atoms with Crippen molar-refractivity contribution >= 4 is 26.0 Å². The third-order valence-corrected chi connectivity index (χ3v) is 5.27. The molecule has 0 amide bonds. The Morgan fingerprint density at radius 1 is 1.33 bits per heavy atom. The number of ether oxygens (including phenoxy) is 1. The first-order valence-corrected chi connectivity index (χ1v) is 9.06. The summed E-state index contributed by atoms with van der Waals surface area (Å²) in [4.78, 5) is 0.231. The van der Waals surface area contributed by atoms with Crippen LogP contribution in [0.3, 0.4) is 0 Å². The Bertz CT molecular complexity index is 574. The highest BCUT2D eigenvalue weighted by Crippen LogP contribution is 2.23. The standard InChI is InChI=1S/C14H23BrN2O3S/c1-5-20-14(2,3)10-17-21(18,19)13-7-6-11(9-16-4)8-12(13)15/h6-8,16-17H,5,9-10H2,1-4H3. The van der Waals surface area contributed by atoms with Gasteiger partial charge >= 0.3 is 0 Å². The molecule has 0 fully saturated rings. The second kappa shape index (κ2) is 7.69. The second-order valence-corrected chi connectivity index (χ2v) is 7.90. The topological polar surface area (TPSA) is 67.4 Å². The van der Waals surface area contributed by atoms with E-state index in [1.54, 1.807) is 18.2 Å². The van der Waals surface area contributed by atoms with Crippen LogP contribution in [0.25, 0.3) is 0 Å². The molecule has 0 aliphatic heterocycles. The Labute approximate surface area is 135 Å². The summed E-state index contributed by atoms with van der Waals surface area (Å²) in [6.07, 6.45) is 0. The van der Waals surface area contributed by atoms with Gasteiger partial charge in [-0.05, 0) is 61.4 Å². The van der Waals surface area contributed by atoms with Gasteiger partial charge in [0.1, 0.15) is 0 Å². The highest BCUT2D eigenvalue weighted by atomic mass is 79.9. The van der Waals surface area contributed by atoms with Crippen LogP contribution < -0.4 is 10.0 Å². The van der Waals surface area contributed by atoms with Gasteiger partial charge in [-0.2, -0.15) is 0 Å². The molecular weight excluding hydrogens is 356 g/mol. The Kier molecular flexibility index (Phi) is 6.80. The minimum Gasteiger partial charge on any atom is -0.375 e. The molecule has 0 aliphatic carbocycles. The molecule has 0 unspecified atom stereocenters. The highest BCUT2D eigenvalue weighted by Gasteiger charge is 2.23. The Morgan fingerprint density at radius 2 is 2.00 bits per heavy atom. The molecule has 0 bridgehead atoms. The largest absolute Gasteiger partial charge is 0.375 e. The fraction of sp³-hybridized carbons (Fsp3) is 0.571. The molecule has 1 aromatic rings. The van der Waals surface area contributed by atoms with E-state index in [2.05, 4.69) is 26.0 Å². The molecule has 0 radical (unpaired) electrons. The predicted molar refractivity (Wildman–Crippen MR) is 87.8 cm³/mol. The third kappa shape index (κ3) is 5.67. The Hall–Kier alpha value is -0.470. The van der Waals surface area contributed by atoms with Crippen molar-refractivity contribution in [1.82, 2.24) is 10.0 Å². The maximum absolute atomic E-state index is 12.4. The smallest absolute Gasteiger partial charge is 0.241 e. The van der Waals surface area contributed by atoms with Crippen LogP contribution in [0.4, 0.5) is 0 Å². The van der Waals surface area contributed by atoms with Gasteiger partial charge in [0.25, 0.3) is 0 Å². The first-order chi connectivity index (χ1) is 9.72. The SMILES string of the molecule is CCOC(C)(C)CNS(=O)(=O)c1ccc(CNC)cc1Br. The lowest BCUT2D eigenvalue weighted by atomic mass is 10.1. The van der Waals surface area contributed by atoms with Crippen LogP contribution in [0.5, 0.6) is 0 Å². The molecule has 0 heterocycles. The van der Waals surface area contributed by atoms with Gasteiger partial charge in [-0.1, -0.05) is 6.07 Å². The maximum atomic E-state index is 12.4. The van der Waals surface area contributed by atoms with Crippen molar-refractivity contribution in [2.45, 2.75) is 37.8 Å². The summed E-state index contributed by atoms with van der Waals surface area (Å²) in [5.74, 6) is 0. The van der Waals surface area contributed by atoms with Gasteiger partial charge in [-0.3, -0.25) is 0 Å². The minimum absolute atomic E-state index is 0.216. The van der Waals surface area contributed by atoms with Crippen molar-refractivity contribution in [1.29, 1.82) is 0 Å². The van der Waals surface area contributed by atoms with Crippen molar-refractivity contribution in [3.63, 3.8) is 0 Å². The van der Waals surface area contributed by atoms with Crippen molar-refractivity contribution in [2.24, 2.45) is 0 Å². The van der Waals surface area contributed by atoms with Crippen LogP contribution in [-0.2, 0) is 21.3 Å². The lowest BCUT2D eigenvalue weighted by Gasteiger charge is -2.25. The number of halogens is 1. The maximum Gasteiger partial charge on any atom is 0.241 e. The molecule has 21 heavy (non-hydrogen) atoms. The third-order valence-electron chi connectivity index (χ3n) is 2.89. The lowest BCUT2D eigenvalue weighted by molar-refractivity contribution is -0.00515. The van der Waals surface area contributed by atoms with E-state index >= 15 is 0 Å². The van der Waals surface area contributed by atoms with Crippen molar-refractivity contribution in [3.8, 4) is 0 Å². The zero-order valence-corrected chi connectivity index (χ0v) is 15.3. The van der Waals surface area contributed by atoms with Crippen molar-refractivity contribution in [2.75, 3.05) is 20.2 Å². The molecule has 0 saturated carbocycles. The molecule has 0 saturated heterocycles. The molecule has 1 aromatic carbocycles. The van der Waals surface area contributed by atoms with Crippen LogP contribution in [0.2, 0.25) is 0 Å². The molecule has 0 aromatic heterocycles. The van der Waals surface area contributed by atoms with E-state index in [4.69, 9.17) is 4.74 Å². The number of benzene rings is 1. The number of nitrogens with one attached hydrogen (secondary N) is 2. The molecule has 0 spiro atoms. The molecule has 0 atom stereocenters. The summed E-state index contributed by atoms with van der Waals surface area (Å²) in [6.45, 7) is 7.02. The molecule has 1 rings (SSSR count). The monoisotopic (exact) mass is 378 g/mol. The van der Waals surface area contributed by atoms with Crippen LogP contribution in [0.1, 0.15) is 26.3 Å². The number of hydrogen-bond donors (Lipinski definition) is 2. The zero-order chi connectivity index (χ0) is 16.1. The molecule has 120 valence electrons. The van der Waals surface area contributed by atoms with Gasteiger partial charge in [0, 0.05) is 24.2 Å². The minimum atomic E-state index is -3.57. The van der Waals surface area contributed by atoms with E-state index in [0.29, 0.717) is 17.6 Å². The summed E-state index contributed by atoms with van der Waals surface area (Å²) in [5.41, 5.74) is 0.471. The van der Waals surface area contributed by atoms with E-state index in [9.17, 15) is 8.42 Å². The van der Waals surface area contributed by atoms with Gasteiger partial charge < -0.3 is 10.1 Å². The van der Waals surface area contributed by atoms with Crippen LogP contribution in [-0.4, -0.2) is 34.2 Å². The van der Waals surface area contributed by atoms with E-state index in [-0.39, 0.29) is 11.4 Å². The van der Waals surface area contributed by atoms with Crippen molar-refractivity contribution in [3.05, 3.63) is 28.2 Å². The zero-order valence-electron chi connectivity index (χ0n) is 12.9. The van der Waals surface area contributed by atoms with Crippen LogP contribution in [0.15, 0.2) is 27.6 Å². The summed E-state index contributed by atoms with van der Waals surface area (Å²) in [7, 11) is -1.73. The molecule has 7 heteroatoms. The van der Waals surface area contributed by atoms with Gasteiger partial charge in [-0.15, -0.1) is 0 Å². The molecule has 0 aliphatic rings. The summed E-state index contributed by atoms with van der Waals surface area (Å²) >= 11 is 3.33. The second-order valence-electron chi connectivity index (χ2n) is 5.31. The van der Waals surface area contributed by atoms with Gasteiger partial charge in [0.2, 0.25) is 10.0 Å². The molecule has 2 N–H and O–H groups in total. The Balaban J connectivity index is 2.88. The summed E-state index contributed by atoms with van der Waals surface area (Å²) < 4.78 is 33.4. The van der Waals surface area contributed by atoms with Crippen LogP contribution >= 0.6 is 15.9 Å². The molecule has 5 nitrogen and oxygen atoms in total. The first-order valence-electron chi connectivity index (χ1n) is 6.78. The van der Waals surface area contributed by atoms with Crippen LogP contribution in [0, 0.1) is 0 Å². The van der Waals surface area contributed by atoms with Gasteiger partial charge in [-0.25, -0.2) is 13.1 Å². The average molecular weight is 379 g/mol. The summed E-state index contributed by atoms with van der Waals surface area (Å²) in [5, 5.41) is 3.03. The first kappa shape index (κ1) is 18.6. The predicted octanol–water partition coefficient (Wildman–Crippen LogP) is 2.26. The summed E-state index contributed by atoms with van der Waals surface area (Å²) in [6, 6.07) is 5.20. The molecular formula is C14H23BrN2O3S. The van der Waals surface area contributed by atoms with Gasteiger partial charge in [0.05, 0.1) is 10.5 Å². The normalized spacial score (nSPS) is 12.6. The highest BCUT2D eigenvalue weighted by molar-refractivity contribution is 9.10. The van der Waals surface area contributed by atoms with E-state index in [1.165, 1.54) is 0 Å². The van der Waals surface area contributed by atoms with Gasteiger partial charge in [0.15, 0.2) is 0 Å². The van der Waals surface area contributed by atoms with E-state index < -0.39 is 15.6 Å². The average Bonchev–Trinajstić information content (AvgIpc) is 2.37. The number of rotatable bonds is 8. The fourth-order valence-electron chi connectivity index (χ4n) is 1.86. The number of sulfonamides is 1. The lowest BCUT2D eigenvalue weighted by Crippen LogP contribution is -2.40. The Morgan fingerprint density at radius 3 is 2.52 bits per heavy atom. The fourth-order valence-corrected chi connectivity index (χ4v) is 4.19. The van der Waals surface area contributed by atoms with E-state index in [0.717, 1.165) is 5.56 Å².